The first-order valence-corrected chi connectivity index (χ1v) is 11.1. The summed E-state index contributed by atoms with van der Waals surface area (Å²) in [6, 6.07) is 4.42. The summed E-state index contributed by atoms with van der Waals surface area (Å²) < 4.78 is 31.0. The van der Waals surface area contributed by atoms with E-state index in [2.05, 4.69) is 5.32 Å². The maximum Gasteiger partial charge on any atom is 0.339 e. The Hall–Kier alpha value is -1.93. The van der Waals surface area contributed by atoms with E-state index in [0.717, 1.165) is 30.0 Å². The minimum absolute atomic E-state index is 0.00519. The van der Waals surface area contributed by atoms with Crippen LogP contribution in [0.2, 0.25) is 0 Å². The molecule has 1 saturated carbocycles. The molecular weight excluding hydrogens is 380 g/mol. The Balaban J connectivity index is 2.08. The number of nitrogens with zero attached hydrogens (tertiary/aromatic N) is 1. The van der Waals surface area contributed by atoms with Crippen LogP contribution < -0.4 is 5.32 Å². The van der Waals surface area contributed by atoms with Crippen molar-refractivity contribution in [3.05, 3.63) is 29.3 Å². The minimum Gasteiger partial charge on any atom is -0.449 e. The van der Waals surface area contributed by atoms with E-state index < -0.39 is 22.1 Å². The summed E-state index contributed by atoms with van der Waals surface area (Å²) in [7, 11) is -0.823. The third kappa shape index (κ3) is 5.54. The van der Waals surface area contributed by atoms with Crippen LogP contribution in [0.4, 0.5) is 0 Å². The Labute approximate surface area is 167 Å². The van der Waals surface area contributed by atoms with Crippen LogP contribution in [0.25, 0.3) is 0 Å². The highest BCUT2D eigenvalue weighted by Gasteiger charge is 2.25. The molecule has 0 unspecified atom stereocenters. The third-order valence-corrected chi connectivity index (χ3v) is 6.87. The highest BCUT2D eigenvalue weighted by atomic mass is 32.2. The third-order valence-electron chi connectivity index (χ3n) is 5.06. The van der Waals surface area contributed by atoms with Crippen LogP contribution in [-0.2, 0) is 19.6 Å². The lowest BCUT2D eigenvalue weighted by molar-refractivity contribution is -0.129. The molecule has 0 bridgehead atoms. The molecular formula is C20H30N2O5S. The van der Waals surface area contributed by atoms with Gasteiger partial charge in [0.2, 0.25) is 10.0 Å². The van der Waals surface area contributed by atoms with Gasteiger partial charge in [-0.2, -0.15) is 0 Å². The molecule has 0 aliphatic heterocycles. The molecule has 1 atom stereocenters. The Morgan fingerprint density at radius 1 is 1.14 bits per heavy atom. The van der Waals surface area contributed by atoms with Crippen molar-refractivity contribution in [1.82, 2.24) is 9.62 Å². The molecule has 0 saturated heterocycles. The minimum atomic E-state index is -3.67. The second kappa shape index (κ2) is 9.52. The lowest BCUT2D eigenvalue weighted by Crippen LogP contribution is -2.41. The van der Waals surface area contributed by atoms with Gasteiger partial charge in [0.25, 0.3) is 5.91 Å². The molecule has 8 heteroatoms. The van der Waals surface area contributed by atoms with Gasteiger partial charge in [0.05, 0.1) is 10.5 Å². The second-order valence-electron chi connectivity index (χ2n) is 7.51. The number of carbonyl (C=O) groups is 2. The number of nitrogens with one attached hydrogen (secondary N) is 1. The van der Waals surface area contributed by atoms with Crippen LogP contribution in [0.3, 0.4) is 0 Å². The number of esters is 1. The Bertz CT molecular complexity index is 812. The van der Waals surface area contributed by atoms with Crippen molar-refractivity contribution >= 4 is 21.9 Å². The number of carbonyl (C=O) groups excluding carboxylic acids is 2. The van der Waals surface area contributed by atoms with E-state index in [4.69, 9.17) is 4.74 Å². The van der Waals surface area contributed by atoms with Crippen molar-refractivity contribution < 1.29 is 22.7 Å². The number of hydrogen-bond donors (Lipinski definition) is 1. The number of hydrogen-bond acceptors (Lipinski definition) is 5. The topological polar surface area (TPSA) is 92.8 Å². The number of amides is 1. The molecule has 1 aromatic carbocycles. The van der Waals surface area contributed by atoms with Gasteiger partial charge in [0, 0.05) is 20.1 Å². The lowest BCUT2D eigenvalue weighted by atomic mass is 10.1. The van der Waals surface area contributed by atoms with Crippen molar-refractivity contribution in [3.63, 3.8) is 0 Å². The zero-order chi connectivity index (χ0) is 20.9. The van der Waals surface area contributed by atoms with Gasteiger partial charge in [-0.3, -0.25) is 4.79 Å². The molecule has 0 spiro atoms. The summed E-state index contributed by atoms with van der Waals surface area (Å²) in [4.78, 5) is 25.0. The first-order chi connectivity index (χ1) is 13.1. The van der Waals surface area contributed by atoms with Crippen LogP contribution in [0, 0.1) is 6.92 Å². The Morgan fingerprint density at radius 2 is 1.75 bits per heavy atom. The van der Waals surface area contributed by atoms with E-state index in [9.17, 15) is 18.0 Å². The maximum atomic E-state index is 12.6. The van der Waals surface area contributed by atoms with Gasteiger partial charge < -0.3 is 10.1 Å². The van der Waals surface area contributed by atoms with E-state index in [1.807, 2.05) is 0 Å². The molecule has 1 N–H and O–H groups in total. The van der Waals surface area contributed by atoms with E-state index in [1.54, 1.807) is 13.0 Å². The molecule has 156 valence electrons. The van der Waals surface area contributed by atoms with Crippen molar-refractivity contribution in [2.24, 2.45) is 0 Å². The fourth-order valence-corrected chi connectivity index (χ4v) is 4.14. The van der Waals surface area contributed by atoms with Gasteiger partial charge in [-0.25, -0.2) is 17.5 Å². The number of rotatable bonds is 6. The second-order valence-corrected chi connectivity index (χ2v) is 9.66. The molecule has 0 aromatic heterocycles. The molecule has 1 amide bonds. The van der Waals surface area contributed by atoms with Crippen LogP contribution in [0.1, 0.15) is 61.4 Å². The Kier molecular flexibility index (Phi) is 7.60. The van der Waals surface area contributed by atoms with Crippen LogP contribution in [-0.4, -0.2) is 50.8 Å². The maximum absolute atomic E-state index is 12.6. The molecule has 28 heavy (non-hydrogen) atoms. The van der Waals surface area contributed by atoms with Gasteiger partial charge in [0.1, 0.15) is 0 Å². The fraction of sp³-hybridized carbons (Fsp3) is 0.600. The van der Waals surface area contributed by atoms with E-state index in [0.29, 0.717) is 5.56 Å². The normalized spacial score (nSPS) is 17.0. The highest BCUT2D eigenvalue weighted by molar-refractivity contribution is 7.89. The smallest absolute Gasteiger partial charge is 0.339 e. The summed E-state index contributed by atoms with van der Waals surface area (Å²) in [5, 5.41) is 2.96. The molecule has 2 rings (SSSR count). The average molecular weight is 411 g/mol. The van der Waals surface area contributed by atoms with Crippen molar-refractivity contribution in [2.75, 3.05) is 14.1 Å². The zero-order valence-electron chi connectivity index (χ0n) is 17.0. The quantitative estimate of drug-likeness (QED) is 0.575. The molecule has 1 aromatic rings. The van der Waals surface area contributed by atoms with Crippen molar-refractivity contribution in [2.45, 2.75) is 69.4 Å². The molecule has 1 aliphatic carbocycles. The van der Waals surface area contributed by atoms with Gasteiger partial charge >= 0.3 is 5.97 Å². The van der Waals surface area contributed by atoms with Crippen molar-refractivity contribution in [1.29, 1.82) is 0 Å². The molecule has 1 aliphatic rings. The van der Waals surface area contributed by atoms with Gasteiger partial charge in [-0.1, -0.05) is 31.7 Å². The number of benzene rings is 1. The highest BCUT2D eigenvalue weighted by Crippen LogP contribution is 2.20. The monoisotopic (exact) mass is 410 g/mol. The standard InChI is InChI=1S/C20H30N2O5S/c1-14-11-12-17(28(25,26)22(3)4)13-18(14)20(24)27-15(2)19(23)21-16-9-7-5-6-8-10-16/h11-13,15-16H,5-10H2,1-4H3,(H,21,23)/t15-/m0/s1. The van der Waals surface area contributed by atoms with Gasteiger partial charge in [0.15, 0.2) is 6.10 Å². The molecule has 1 fully saturated rings. The van der Waals surface area contributed by atoms with Crippen LogP contribution >= 0.6 is 0 Å². The predicted octanol–water partition coefficient (Wildman–Crippen LogP) is 2.63. The summed E-state index contributed by atoms with van der Waals surface area (Å²) in [5.41, 5.74) is 0.719. The summed E-state index contributed by atoms with van der Waals surface area (Å²) >= 11 is 0. The largest absolute Gasteiger partial charge is 0.449 e. The molecule has 7 nitrogen and oxygen atoms in total. The number of aryl methyl sites for hydroxylation is 1. The average Bonchev–Trinajstić information content (AvgIpc) is 2.90. The molecule has 0 heterocycles. The van der Waals surface area contributed by atoms with E-state index >= 15 is 0 Å². The fourth-order valence-electron chi connectivity index (χ4n) is 3.21. The van der Waals surface area contributed by atoms with Gasteiger partial charge in [-0.05, 0) is 44.4 Å². The molecule has 0 radical (unpaired) electrons. The zero-order valence-corrected chi connectivity index (χ0v) is 17.8. The van der Waals surface area contributed by atoms with Crippen LogP contribution in [0.5, 0.6) is 0 Å². The van der Waals surface area contributed by atoms with Gasteiger partial charge in [-0.15, -0.1) is 0 Å². The Morgan fingerprint density at radius 3 is 2.32 bits per heavy atom. The SMILES string of the molecule is Cc1ccc(S(=O)(=O)N(C)C)cc1C(=O)O[C@@H](C)C(=O)NC1CCCCCC1. The summed E-state index contributed by atoms with van der Waals surface area (Å²) in [6.45, 7) is 3.22. The van der Waals surface area contributed by atoms with Crippen molar-refractivity contribution in [3.8, 4) is 0 Å². The van der Waals surface area contributed by atoms with E-state index in [-0.39, 0.29) is 22.4 Å². The lowest BCUT2D eigenvalue weighted by Gasteiger charge is -2.20. The first kappa shape index (κ1) is 22.4. The number of ether oxygens (including phenoxy) is 1. The van der Waals surface area contributed by atoms with E-state index in [1.165, 1.54) is 46.0 Å². The first-order valence-electron chi connectivity index (χ1n) is 9.67. The van der Waals surface area contributed by atoms with Crippen LogP contribution in [0.15, 0.2) is 23.1 Å². The predicted molar refractivity (Wildman–Crippen MR) is 107 cm³/mol. The summed E-state index contributed by atoms with van der Waals surface area (Å²) in [5.74, 6) is -1.04. The summed E-state index contributed by atoms with van der Waals surface area (Å²) in [6.07, 6.45) is 5.47. The number of sulfonamides is 1.